The molecule has 0 spiro atoms. The predicted molar refractivity (Wildman–Crippen MR) is 93.1 cm³/mol. The second kappa shape index (κ2) is 8.33. The lowest BCUT2D eigenvalue weighted by Gasteiger charge is -2.35. The summed E-state index contributed by atoms with van der Waals surface area (Å²) in [6.45, 7) is 7.76. The molecule has 1 saturated heterocycles. The molecule has 1 aliphatic rings. The number of furan rings is 1. The van der Waals surface area contributed by atoms with Crippen LogP contribution in [-0.2, 0) is 6.54 Å². The van der Waals surface area contributed by atoms with Gasteiger partial charge in [-0.15, -0.1) is 0 Å². The van der Waals surface area contributed by atoms with Crippen molar-refractivity contribution in [1.29, 1.82) is 0 Å². The van der Waals surface area contributed by atoms with Gasteiger partial charge in [-0.05, 0) is 30.7 Å². The first-order chi connectivity index (χ1) is 11.7. The summed E-state index contributed by atoms with van der Waals surface area (Å²) in [6, 6.07) is 11.8. The Morgan fingerprint density at radius 3 is 2.54 bits per heavy atom. The fourth-order valence-corrected chi connectivity index (χ4v) is 3.01. The highest BCUT2D eigenvalue weighted by molar-refractivity contribution is 5.31. The van der Waals surface area contributed by atoms with E-state index in [1.54, 1.807) is 6.26 Å². The third-order valence-corrected chi connectivity index (χ3v) is 4.42. The van der Waals surface area contributed by atoms with Crippen LogP contribution in [0.15, 0.2) is 47.1 Å². The molecular formula is C19H26N2O3. The van der Waals surface area contributed by atoms with Gasteiger partial charge in [0.1, 0.15) is 24.2 Å². The molecule has 2 heterocycles. The lowest BCUT2D eigenvalue weighted by atomic mass is 10.2. The molecule has 1 unspecified atom stereocenters. The number of benzene rings is 1. The van der Waals surface area contributed by atoms with Gasteiger partial charge < -0.3 is 14.3 Å². The van der Waals surface area contributed by atoms with Crippen LogP contribution < -0.4 is 4.74 Å². The Labute approximate surface area is 143 Å². The molecule has 0 radical (unpaired) electrons. The average Bonchev–Trinajstić information content (AvgIpc) is 3.09. The first-order valence-electron chi connectivity index (χ1n) is 8.54. The Balaban J connectivity index is 1.37. The van der Waals surface area contributed by atoms with Gasteiger partial charge in [-0.1, -0.05) is 18.2 Å². The number of β-amino-alcohol motifs (C(OH)–C–C–N with tert-alkyl or cyclic N) is 1. The number of aliphatic hydroxyl groups is 1. The molecule has 0 amide bonds. The van der Waals surface area contributed by atoms with E-state index >= 15 is 0 Å². The largest absolute Gasteiger partial charge is 0.491 e. The molecule has 5 heteroatoms. The van der Waals surface area contributed by atoms with Gasteiger partial charge in [0.15, 0.2) is 0 Å². The second-order valence-corrected chi connectivity index (χ2v) is 6.39. The fourth-order valence-electron chi connectivity index (χ4n) is 3.01. The Kier molecular flexibility index (Phi) is 5.91. The molecule has 1 fully saturated rings. The molecule has 1 aromatic carbocycles. The Morgan fingerprint density at radius 1 is 1.08 bits per heavy atom. The Bertz CT molecular complexity index is 607. The topological polar surface area (TPSA) is 49.1 Å². The van der Waals surface area contributed by atoms with Crippen molar-refractivity contribution in [1.82, 2.24) is 9.80 Å². The number of piperazine rings is 1. The lowest BCUT2D eigenvalue weighted by Crippen LogP contribution is -2.48. The number of hydrogen-bond acceptors (Lipinski definition) is 5. The van der Waals surface area contributed by atoms with Crippen molar-refractivity contribution in [2.45, 2.75) is 19.6 Å². The molecule has 5 nitrogen and oxygen atoms in total. The van der Waals surface area contributed by atoms with E-state index in [0.717, 1.165) is 49.8 Å². The van der Waals surface area contributed by atoms with Crippen molar-refractivity contribution >= 4 is 0 Å². The van der Waals surface area contributed by atoms with Crippen LogP contribution in [0.3, 0.4) is 0 Å². The lowest BCUT2D eigenvalue weighted by molar-refractivity contribution is 0.0432. The van der Waals surface area contributed by atoms with E-state index in [1.807, 2.05) is 43.3 Å². The number of nitrogens with zero attached hydrogens (tertiary/aromatic N) is 2. The zero-order valence-electron chi connectivity index (χ0n) is 14.2. The highest BCUT2D eigenvalue weighted by atomic mass is 16.5. The quantitative estimate of drug-likeness (QED) is 0.843. The minimum absolute atomic E-state index is 0.331. The van der Waals surface area contributed by atoms with Crippen molar-refractivity contribution in [2.75, 3.05) is 39.3 Å². The van der Waals surface area contributed by atoms with E-state index in [-0.39, 0.29) is 0 Å². The average molecular weight is 330 g/mol. The zero-order valence-corrected chi connectivity index (χ0v) is 14.2. The van der Waals surface area contributed by atoms with E-state index < -0.39 is 6.10 Å². The van der Waals surface area contributed by atoms with Crippen LogP contribution in [0.5, 0.6) is 5.75 Å². The van der Waals surface area contributed by atoms with Crippen LogP contribution in [0.4, 0.5) is 0 Å². The Hall–Kier alpha value is -1.82. The van der Waals surface area contributed by atoms with Gasteiger partial charge in [-0.25, -0.2) is 0 Å². The molecule has 0 saturated carbocycles. The van der Waals surface area contributed by atoms with Gasteiger partial charge in [0, 0.05) is 32.7 Å². The summed E-state index contributed by atoms with van der Waals surface area (Å²) in [7, 11) is 0. The van der Waals surface area contributed by atoms with Gasteiger partial charge >= 0.3 is 0 Å². The van der Waals surface area contributed by atoms with Crippen molar-refractivity contribution in [3.63, 3.8) is 0 Å². The molecular weight excluding hydrogens is 304 g/mol. The van der Waals surface area contributed by atoms with Crippen LogP contribution in [-0.4, -0.2) is 60.3 Å². The summed E-state index contributed by atoms with van der Waals surface area (Å²) < 4.78 is 11.1. The molecule has 1 N–H and O–H groups in total. The second-order valence-electron chi connectivity index (χ2n) is 6.39. The molecule has 0 bridgehead atoms. The predicted octanol–water partition coefficient (Wildman–Crippen LogP) is 2.15. The maximum absolute atomic E-state index is 10.2. The molecule has 1 aliphatic heterocycles. The molecule has 24 heavy (non-hydrogen) atoms. The van der Waals surface area contributed by atoms with Gasteiger partial charge in [-0.3, -0.25) is 9.80 Å². The molecule has 130 valence electrons. The summed E-state index contributed by atoms with van der Waals surface area (Å²) in [6.07, 6.45) is 1.25. The smallest absolute Gasteiger partial charge is 0.122 e. The number of aliphatic hydroxyl groups excluding tert-OH is 1. The van der Waals surface area contributed by atoms with Crippen LogP contribution in [0.25, 0.3) is 0 Å². The summed E-state index contributed by atoms with van der Waals surface area (Å²) in [5, 5.41) is 10.2. The highest BCUT2D eigenvalue weighted by Crippen LogP contribution is 2.16. The first-order valence-corrected chi connectivity index (χ1v) is 8.54. The van der Waals surface area contributed by atoms with Crippen molar-refractivity contribution in [2.24, 2.45) is 0 Å². The number of aryl methyl sites for hydroxylation is 1. The van der Waals surface area contributed by atoms with E-state index in [4.69, 9.17) is 9.15 Å². The van der Waals surface area contributed by atoms with Gasteiger partial charge in [0.25, 0.3) is 0 Å². The molecule has 0 aliphatic carbocycles. The summed E-state index contributed by atoms with van der Waals surface area (Å²) >= 11 is 0. The van der Waals surface area contributed by atoms with Crippen molar-refractivity contribution in [3.05, 3.63) is 54.0 Å². The normalized spacial score (nSPS) is 17.8. The third-order valence-electron chi connectivity index (χ3n) is 4.42. The number of para-hydroxylation sites is 1. The minimum Gasteiger partial charge on any atom is -0.491 e. The van der Waals surface area contributed by atoms with Gasteiger partial charge in [0.05, 0.1) is 12.8 Å². The number of rotatable bonds is 7. The third kappa shape index (κ3) is 4.84. The van der Waals surface area contributed by atoms with E-state index in [0.29, 0.717) is 13.2 Å². The maximum Gasteiger partial charge on any atom is 0.122 e. The van der Waals surface area contributed by atoms with Crippen LogP contribution in [0.1, 0.15) is 11.3 Å². The summed E-state index contributed by atoms with van der Waals surface area (Å²) in [5.41, 5.74) is 1.09. The van der Waals surface area contributed by atoms with Crippen molar-refractivity contribution in [3.8, 4) is 5.75 Å². The van der Waals surface area contributed by atoms with Crippen LogP contribution in [0.2, 0.25) is 0 Å². The molecule has 3 rings (SSSR count). The SMILES string of the molecule is Cc1ccccc1OCC(O)CN1CCN(Cc2ccco2)CC1. The van der Waals surface area contributed by atoms with Crippen molar-refractivity contribution < 1.29 is 14.3 Å². The Morgan fingerprint density at radius 2 is 1.83 bits per heavy atom. The zero-order chi connectivity index (χ0) is 16.8. The standard InChI is InChI=1S/C19H26N2O3/c1-16-5-2-3-7-19(16)24-15-17(22)13-20-8-10-21(11-9-20)14-18-6-4-12-23-18/h2-7,12,17,22H,8-11,13-15H2,1H3. The first kappa shape index (κ1) is 17.0. The molecule has 1 atom stereocenters. The summed E-state index contributed by atoms with van der Waals surface area (Å²) in [5.74, 6) is 1.86. The van der Waals surface area contributed by atoms with Gasteiger partial charge in [0.2, 0.25) is 0 Å². The molecule has 2 aromatic rings. The van der Waals surface area contributed by atoms with E-state index in [2.05, 4.69) is 9.80 Å². The fraction of sp³-hybridized carbons (Fsp3) is 0.474. The summed E-state index contributed by atoms with van der Waals surface area (Å²) in [4.78, 5) is 4.68. The van der Waals surface area contributed by atoms with Crippen LogP contribution >= 0.6 is 0 Å². The monoisotopic (exact) mass is 330 g/mol. The van der Waals surface area contributed by atoms with Gasteiger partial charge in [-0.2, -0.15) is 0 Å². The minimum atomic E-state index is -0.471. The maximum atomic E-state index is 10.2. The van der Waals surface area contributed by atoms with Crippen LogP contribution in [0, 0.1) is 6.92 Å². The highest BCUT2D eigenvalue weighted by Gasteiger charge is 2.20. The number of ether oxygens (including phenoxy) is 1. The van der Waals surface area contributed by atoms with E-state index in [9.17, 15) is 5.11 Å². The number of hydrogen-bond donors (Lipinski definition) is 1. The molecule has 1 aromatic heterocycles. The van der Waals surface area contributed by atoms with E-state index in [1.165, 1.54) is 0 Å².